The van der Waals surface area contributed by atoms with E-state index in [1.165, 1.54) is 6.08 Å². The predicted molar refractivity (Wildman–Crippen MR) is 77.8 cm³/mol. The van der Waals surface area contributed by atoms with E-state index < -0.39 is 5.97 Å². The minimum absolute atomic E-state index is 0.520. The van der Waals surface area contributed by atoms with Crippen molar-refractivity contribution in [1.82, 2.24) is 0 Å². The number of hydrogen-bond acceptors (Lipinski definition) is 3. The first kappa shape index (κ1) is 15.6. The quantitative estimate of drug-likeness (QED) is 0.775. The second-order valence-electron chi connectivity index (χ2n) is 3.77. The molecule has 1 aromatic rings. The molecule has 0 fully saturated rings. The van der Waals surface area contributed by atoms with Crippen LogP contribution in [-0.2, 0) is 4.79 Å². The normalized spacial score (nSPS) is 10.7. The van der Waals surface area contributed by atoms with E-state index in [4.69, 9.17) is 14.6 Å². The molecule has 0 atom stereocenters. The maximum atomic E-state index is 10.5. The van der Waals surface area contributed by atoms with Gasteiger partial charge in [0.05, 0.1) is 13.2 Å². The third-order valence-corrected chi connectivity index (χ3v) is 2.92. The third kappa shape index (κ3) is 4.95. The molecule has 1 aromatic carbocycles. The van der Waals surface area contributed by atoms with E-state index in [-0.39, 0.29) is 0 Å². The van der Waals surface area contributed by atoms with Gasteiger partial charge in [-0.25, -0.2) is 4.79 Å². The number of carboxylic acid groups (broad SMARTS) is 1. The molecule has 19 heavy (non-hydrogen) atoms. The van der Waals surface area contributed by atoms with Gasteiger partial charge in [0, 0.05) is 10.5 Å². The number of carboxylic acids is 1. The molecule has 0 bridgehead atoms. The van der Waals surface area contributed by atoms with Crippen molar-refractivity contribution in [3.8, 4) is 11.5 Å². The van der Waals surface area contributed by atoms with Crippen molar-refractivity contribution < 1.29 is 19.4 Å². The maximum absolute atomic E-state index is 10.5. The van der Waals surface area contributed by atoms with Crippen LogP contribution in [0.4, 0.5) is 0 Å². The van der Waals surface area contributed by atoms with Crippen molar-refractivity contribution in [3.05, 3.63) is 28.2 Å². The lowest BCUT2D eigenvalue weighted by molar-refractivity contribution is -0.131. The second kappa shape index (κ2) is 7.84. The van der Waals surface area contributed by atoms with Crippen LogP contribution in [0, 0.1) is 0 Å². The summed E-state index contributed by atoms with van der Waals surface area (Å²) >= 11 is 3.39. The Morgan fingerprint density at radius 2 is 2.00 bits per heavy atom. The van der Waals surface area contributed by atoms with Crippen LogP contribution in [0.15, 0.2) is 22.7 Å². The number of benzene rings is 1. The molecule has 5 heteroatoms. The fraction of sp³-hybridized carbons (Fsp3) is 0.357. The van der Waals surface area contributed by atoms with Gasteiger partial charge in [0.1, 0.15) is 0 Å². The van der Waals surface area contributed by atoms with Crippen LogP contribution in [0.2, 0.25) is 0 Å². The lowest BCUT2D eigenvalue weighted by atomic mass is 10.2. The molecule has 104 valence electrons. The Balaban J connectivity index is 3.08. The van der Waals surface area contributed by atoms with Crippen LogP contribution >= 0.6 is 15.9 Å². The molecular weight excluding hydrogens is 312 g/mol. The summed E-state index contributed by atoms with van der Waals surface area (Å²) in [6.45, 7) is 5.04. The molecular formula is C14H17BrO4. The fourth-order valence-electron chi connectivity index (χ4n) is 1.43. The average Bonchev–Trinajstić information content (AvgIpc) is 2.37. The van der Waals surface area contributed by atoms with Crippen LogP contribution in [0.25, 0.3) is 6.08 Å². The van der Waals surface area contributed by atoms with Gasteiger partial charge < -0.3 is 14.6 Å². The summed E-state index contributed by atoms with van der Waals surface area (Å²) in [6, 6.07) is 3.56. The van der Waals surface area contributed by atoms with E-state index in [2.05, 4.69) is 15.9 Å². The Kier molecular flexibility index (Phi) is 6.42. The molecule has 0 saturated carbocycles. The van der Waals surface area contributed by atoms with Crippen LogP contribution in [0.3, 0.4) is 0 Å². The highest BCUT2D eigenvalue weighted by atomic mass is 79.9. The molecule has 0 radical (unpaired) electrons. The van der Waals surface area contributed by atoms with Crippen molar-refractivity contribution in [3.63, 3.8) is 0 Å². The standard InChI is InChI=1S/C14H17BrO4/c1-3-7-19-13-9-11(15)10(5-6-14(16)17)8-12(13)18-4-2/h5-6,8-9H,3-4,7H2,1-2H3,(H,16,17). The van der Waals surface area contributed by atoms with E-state index in [1.54, 1.807) is 12.1 Å². The minimum atomic E-state index is -0.990. The molecule has 4 nitrogen and oxygen atoms in total. The Hall–Kier alpha value is -1.49. The van der Waals surface area contributed by atoms with Gasteiger partial charge in [-0.3, -0.25) is 0 Å². The monoisotopic (exact) mass is 328 g/mol. The molecule has 0 aliphatic carbocycles. The van der Waals surface area contributed by atoms with Crippen molar-refractivity contribution >= 4 is 28.0 Å². The molecule has 0 aliphatic rings. The summed E-state index contributed by atoms with van der Waals surface area (Å²) in [5, 5.41) is 8.65. The van der Waals surface area contributed by atoms with Gasteiger partial charge in [-0.2, -0.15) is 0 Å². The number of hydrogen-bond donors (Lipinski definition) is 1. The molecule has 0 heterocycles. The summed E-state index contributed by atoms with van der Waals surface area (Å²) in [5.41, 5.74) is 0.731. The number of aliphatic carboxylic acids is 1. The zero-order chi connectivity index (χ0) is 14.3. The molecule has 0 saturated heterocycles. The smallest absolute Gasteiger partial charge is 0.328 e. The molecule has 0 unspecified atom stereocenters. The summed E-state index contributed by atoms with van der Waals surface area (Å²) in [5.74, 6) is 0.281. The molecule has 1 rings (SSSR count). The average molecular weight is 329 g/mol. The minimum Gasteiger partial charge on any atom is -0.490 e. The van der Waals surface area contributed by atoms with Gasteiger partial charge in [0.15, 0.2) is 11.5 Å². The van der Waals surface area contributed by atoms with Crippen molar-refractivity contribution in [2.75, 3.05) is 13.2 Å². The van der Waals surface area contributed by atoms with E-state index in [0.29, 0.717) is 24.7 Å². The zero-order valence-electron chi connectivity index (χ0n) is 11.0. The first-order valence-electron chi connectivity index (χ1n) is 6.08. The van der Waals surface area contributed by atoms with Crippen LogP contribution < -0.4 is 9.47 Å². The topological polar surface area (TPSA) is 55.8 Å². The molecule has 0 amide bonds. The van der Waals surface area contributed by atoms with Gasteiger partial charge >= 0.3 is 5.97 Å². The maximum Gasteiger partial charge on any atom is 0.328 e. The lowest BCUT2D eigenvalue weighted by Crippen LogP contribution is -2.00. The fourth-order valence-corrected chi connectivity index (χ4v) is 1.89. The summed E-state index contributed by atoms with van der Waals surface area (Å²) in [4.78, 5) is 10.5. The SMILES string of the molecule is CCCOc1cc(Br)c(C=CC(=O)O)cc1OCC. The Bertz CT molecular complexity index is 469. The molecule has 1 N–H and O–H groups in total. The van der Waals surface area contributed by atoms with Gasteiger partial charge in [0.25, 0.3) is 0 Å². The first-order chi connectivity index (χ1) is 9.08. The van der Waals surface area contributed by atoms with E-state index in [1.807, 2.05) is 13.8 Å². The third-order valence-electron chi connectivity index (χ3n) is 2.23. The number of carbonyl (C=O) groups is 1. The largest absolute Gasteiger partial charge is 0.490 e. The highest BCUT2D eigenvalue weighted by molar-refractivity contribution is 9.10. The highest BCUT2D eigenvalue weighted by Crippen LogP contribution is 2.34. The second-order valence-corrected chi connectivity index (χ2v) is 4.63. The van der Waals surface area contributed by atoms with Crippen molar-refractivity contribution in [2.24, 2.45) is 0 Å². The van der Waals surface area contributed by atoms with E-state index >= 15 is 0 Å². The Morgan fingerprint density at radius 1 is 1.32 bits per heavy atom. The van der Waals surface area contributed by atoms with Gasteiger partial charge in [-0.15, -0.1) is 0 Å². The van der Waals surface area contributed by atoms with Crippen LogP contribution in [0.1, 0.15) is 25.8 Å². The number of halogens is 1. The zero-order valence-corrected chi connectivity index (χ0v) is 12.6. The van der Waals surface area contributed by atoms with Crippen molar-refractivity contribution in [2.45, 2.75) is 20.3 Å². The lowest BCUT2D eigenvalue weighted by Gasteiger charge is -2.13. The highest BCUT2D eigenvalue weighted by Gasteiger charge is 2.09. The van der Waals surface area contributed by atoms with Gasteiger partial charge in [-0.1, -0.05) is 22.9 Å². The van der Waals surface area contributed by atoms with Crippen LogP contribution in [-0.4, -0.2) is 24.3 Å². The summed E-state index contributed by atoms with van der Waals surface area (Å²) in [6.07, 6.45) is 3.50. The van der Waals surface area contributed by atoms with Gasteiger partial charge in [0.2, 0.25) is 0 Å². The summed E-state index contributed by atoms with van der Waals surface area (Å²) in [7, 11) is 0. The molecule has 0 spiro atoms. The first-order valence-corrected chi connectivity index (χ1v) is 6.87. The molecule has 0 aliphatic heterocycles. The van der Waals surface area contributed by atoms with Gasteiger partial charge in [-0.05, 0) is 37.1 Å². The van der Waals surface area contributed by atoms with Crippen molar-refractivity contribution in [1.29, 1.82) is 0 Å². The van der Waals surface area contributed by atoms with E-state index in [9.17, 15) is 4.79 Å². The van der Waals surface area contributed by atoms with Crippen LogP contribution in [0.5, 0.6) is 11.5 Å². The predicted octanol–water partition coefficient (Wildman–Crippen LogP) is 3.73. The summed E-state index contributed by atoms with van der Waals surface area (Å²) < 4.78 is 11.9. The Labute approximate surface area is 121 Å². The number of rotatable bonds is 7. The Morgan fingerprint density at radius 3 is 2.58 bits per heavy atom. The van der Waals surface area contributed by atoms with E-state index in [0.717, 1.165) is 22.5 Å². The number of ether oxygens (including phenoxy) is 2. The molecule has 0 aromatic heterocycles.